The molecule has 0 atom stereocenters. The summed E-state index contributed by atoms with van der Waals surface area (Å²) in [6.45, 7) is 8.94. The number of aromatic nitrogens is 3. The van der Waals surface area contributed by atoms with Crippen molar-refractivity contribution in [3.05, 3.63) is 76.6 Å². The van der Waals surface area contributed by atoms with Gasteiger partial charge in [-0.2, -0.15) is 0 Å². The number of rotatable bonds is 6. The maximum Gasteiger partial charge on any atom is 0.330 e. The van der Waals surface area contributed by atoms with Crippen molar-refractivity contribution in [1.82, 2.24) is 19.4 Å². The molecular formula is C26H29FN4O. The zero-order chi connectivity index (χ0) is 22.2. The fourth-order valence-corrected chi connectivity index (χ4v) is 5.12. The molecule has 2 N–H and O–H groups in total. The Bertz CT molecular complexity index is 1340. The molecule has 0 unspecified atom stereocenters. The molecule has 4 aromatic rings. The van der Waals surface area contributed by atoms with Crippen LogP contribution in [0, 0.1) is 11.7 Å². The molecule has 5 nitrogen and oxygen atoms in total. The highest BCUT2D eigenvalue weighted by Gasteiger charge is 2.21. The molecule has 0 aliphatic carbocycles. The van der Waals surface area contributed by atoms with Gasteiger partial charge in [-0.3, -0.25) is 4.57 Å². The monoisotopic (exact) mass is 432 g/mol. The van der Waals surface area contributed by atoms with Gasteiger partial charge in [-0.1, -0.05) is 18.7 Å². The Labute approximate surface area is 186 Å². The van der Waals surface area contributed by atoms with Crippen molar-refractivity contribution in [1.29, 1.82) is 0 Å². The van der Waals surface area contributed by atoms with E-state index >= 15 is 0 Å². The van der Waals surface area contributed by atoms with Crippen LogP contribution in [0.2, 0.25) is 0 Å². The van der Waals surface area contributed by atoms with Crippen LogP contribution in [-0.2, 0) is 12.8 Å². The summed E-state index contributed by atoms with van der Waals surface area (Å²) in [5.74, 6) is 0.442. The highest BCUT2D eigenvalue weighted by molar-refractivity contribution is 5.83. The first-order valence-electron chi connectivity index (χ1n) is 11.4. The zero-order valence-electron chi connectivity index (χ0n) is 18.5. The second-order valence-corrected chi connectivity index (χ2v) is 9.06. The van der Waals surface area contributed by atoms with E-state index in [0.29, 0.717) is 5.92 Å². The first-order chi connectivity index (χ1) is 15.5. The van der Waals surface area contributed by atoms with Crippen molar-refractivity contribution in [2.24, 2.45) is 5.92 Å². The molecular weight excluding hydrogens is 403 g/mol. The third kappa shape index (κ3) is 3.91. The molecule has 6 heteroatoms. The molecule has 1 saturated heterocycles. The average molecular weight is 433 g/mol. The predicted molar refractivity (Wildman–Crippen MR) is 128 cm³/mol. The number of para-hydroxylation sites is 1. The van der Waals surface area contributed by atoms with E-state index in [2.05, 4.69) is 27.5 Å². The average Bonchev–Trinajstić information content (AvgIpc) is 3.33. The summed E-state index contributed by atoms with van der Waals surface area (Å²) in [4.78, 5) is 21.0. The number of halogens is 1. The normalized spacial score (nSPS) is 15.7. The molecule has 2 aromatic heterocycles. The first kappa shape index (κ1) is 20.8. The van der Waals surface area contributed by atoms with Crippen molar-refractivity contribution >= 4 is 27.6 Å². The molecule has 1 fully saturated rings. The minimum Gasteiger partial charge on any atom is -0.361 e. The molecule has 166 valence electrons. The molecule has 32 heavy (non-hydrogen) atoms. The lowest BCUT2D eigenvalue weighted by atomic mass is 9.90. The van der Waals surface area contributed by atoms with E-state index in [1.807, 2.05) is 31.3 Å². The van der Waals surface area contributed by atoms with Crippen LogP contribution in [0.4, 0.5) is 4.39 Å². The molecule has 0 radical (unpaired) electrons. The standard InChI is InChI=1S/C26H29FN4O/c1-17(2)31-25-19(4-3-5-24(25)29-26(31)32)10-13-30-11-8-18(9-12-30)14-20-16-28-23-7-6-21(27)15-22(20)23/h3-7,15-16,18,28H,1,8-14H2,2H3,(H,29,32). The van der Waals surface area contributed by atoms with Gasteiger partial charge in [0.2, 0.25) is 0 Å². The van der Waals surface area contributed by atoms with E-state index in [1.165, 1.54) is 17.2 Å². The Balaban J connectivity index is 1.22. The molecule has 5 rings (SSSR count). The summed E-state index contributed by atoms with van der Waals surface area (Å²) < 4.78 is 15.4. The molecule has 0 saturated carbocycles. The molecule has 2 aromatic carbocycles. The molecule has 0 amide bonds. The Kier molecular flexibility index (Phi) is 5.47. The number of likely N-dealkylation sites (tertiary alicyclic amines) is 1. The number of imidazole rings is 1. The number of aromatic amines is 2. The largest absolute Gasteiger partial charge is 0.361 e. The quantitative estimate of drug-likeness (QED) is 0.454. The van der Waals surface area contributed by atoms with Crippen molar-refractivity contribution in [2.75, 3.05) is 19.6 Å². The maximum absolute atomic E-state index is 13.7. The van der Waals surface area contributed by atoms with Gasteiger partial charge in [0, 0.05) is 29.3 Å². The number of hydrogen-bond donors (Lipinski definition) is 2. The number of fused-ring (bicyclic) bond motifs is 2. The van der Waals surface area contributed by atoms with Crippen LogP contribution in [0.5, 0.6) is 0 Å². The number of benzene rings is 2. The second kappa shape index (κ2) is 8.43. The van der Waals surface area contributed by atoms with Crippen LogP contribution in [0.3, 0.4) is 0 Å². The summed E-state index contributed by atoms with van der Waals surface area (Å²) in [7, 11) is 0. The highest BCUT2D eigenvalue weighted by Crippen LogP contribution is 2.27. The Morgan fingerprint density at radius 3 is 2.75 bits per heavy atom. The number of allylic oxidation sites excluding steroid dienone is 1. The predicted octanol–water partition coefficient (Wildman–Crippen LogP) is 4.94. The second-order valence-electron chi connectivity index (χ2n) is 9.06. The van der Waals surface area contributed by atoms with Gasteiger partial charge in [-0.15, -0.1) is 0 Å². The molecule has 0 spiro atoms. The fraction of sp³-hybridized carbons (Fsp3) is 0.346. The number of piperidine rings is 1. The van der Waals surface area contributed by atoms with Gasteiger partial charge in [0.1, 0.15) is 5.82 Å². The van der Waals surface area contributed by atoms with E-state index in [-0.39, 0.29) is 11.5 Å². The zero-order valence-corrected chi connectivity index (χ0v) is 18.5. The first-order valence-corrected chi connectivity index (χ1v) is 11.4. The third-order valence-electron chi connectivity index (χ3n) is 6.81. The maximum atomic E-state index is 13.7. The summed E-state index contributed by atoms with van der Waals surface area (Å²) >= 11 is 0. The lowest BCUT2D eigenvalue weighted by molar-refractivity contribution is 0.186. The molecule has 0 bridgehead atoms. The van der Waals surface area contributed by atoms with E-state index in [9.17, 15) is 9.18 Å². The van der Waals surface area contributed by atoms with E-state index in [0.717, 1.165) is 73.0 Å². The molecule has 3 heterocycles. The van der Waals surface area contributed by atoms with Gasteiger partial charge in [-0.25, -0.2) is 9.18 Å². The van der Waals surface area contributed by atoms with Crippen molar-refractivity contribution in [3.8, 4) is 0 Å². The van der Waals surface area contributed by atoms with Crippen molar-refractivity contribution < 1.29 is 4.39 Å². The van der Waals surface area contributed by atoms with Crippen LogP contribution in [-0.4, -0.2) is 39.1 Å². The van der Waals surface area contributed by atoms with Gasteiger partial charge in [0.15, 0.2) is 0 Å². The SMILES string of the molecule is C=C(C)n1c(=O)[nH]c2cccc(CCN3CCC(Cc4c[nH]c5ccc(F)cc45)CC3)c21. The van der Waals surface area contributed by atoms with Gasteiger partial charge >= 0.3 is 5.69 Å². The minimum absolute atomic E-state index is 0.127. The van der Waals surface area contributed by atoms with Gasteiger partial charge in [0.25, 0.3) is 0 Å². The fourth-order valence-electron chi connectivity index (χ4n) is 5.12. The highest BCUT2D eigenvalue weighted by atomic mass is 19.1. The summed E-state index contributed by atoms with van der Waals surface area (Å²) in [5, 5.41) is 1.01. The Hall–Kier alpha value is -3.12. The van der Waals surface area contributed by atoms with Gasteiger partial charge in [0.05, 0.1) is 11.0 Å². The summed E-state index contributed by atoms with van der Waals surface area (Å²) in [6, 6.07) is 11.0. The van der Waals surface area contributed by atoms with Crippen LogP contribution in [0.1, 0.15) is 30.9 Å². The number of hydrogen-bond acceptors (Lipinski definition) is 2. The van der Waals surface area contributed by atoms with Crippen LogP contribution >= 0.6 is 0 Å². The van der Waals surface area contributed by atoms with E-state index in [1.54, 1.807) is 10.6 Å². The lowest BCUT2D eigenvalue weighted by Gasteiger charge is -2.32. The topological polar surface area (TPSA) is 56.8 Å². The molecule has 1 aliphatic heterocycles. The Morgan fingerprint density at radius 1 is 1.16 bits per heavy atom. The lowest BCUT2D eigenvalue weighted by Crippen LogP contribution is -2.35. The minimum atomic E-state index is -0.178. The summed E-state index contributed by atoms with van der Waals surface area (Å²) in [5.41, 5.74) is 5.81. The van der Waals surface area contributed by atoms with Crippen LogP contribution < -0.4 is 5.69 Å². The van der Waals surface area contributed by atoms with Crippen molar-refractivity contribution in [3.63, 3.8) is 0 Å². The van der Waals surface area contributed by atoms with Gasteiger partial charge < -0.3 is 14.9 Å². The van der Waals surface area contributed by atoms with Crippen LogP contribution in [0.15, 0.2) is 54.0 Å². The third-order valence-corrected chi connectivity index (χ3v) is 6.81. The van der Waals surface area contributed by atoms with E-state index < -0.39 is 0 Å². The summed E-state index contributed by atoms with van der Waals surface area (Å²) in [6.07, 6.45) is 6.22. The number of nitrogens with one attached hydrogen (secondary N) is 2. The molecule has 1 aliphatic rings. The van der Waals surface area contributed by atoms with Crippen LogP contribution in [0.25, 0.3) is 27.6 Å². The van der Waals surface area contributed by atoms with E-state index in [4.69, 9.17) is 0 Å². The smallest absolute Gasteiger partial charge is 0.330 e. The van der Waals surface area contributed by atoms with Crippen molar-refractivity contribution in [2.45, 2.75) is 32.6 Å². The Morgan fingerprint density at radius 2 is 1.97 bits per heavy atom. The number of nitrogens with zero attached hydrogens (tertiary/aromatic N) is 2. The number of H-pyrrole nitrogens is 2. The van der Waals surface area contributed by atoms with Gasteiger partial charge in [-0.05, 0) is 87.0 Å².